The molecule has 1 aliphatic rings. The molecule has 1 heterocycles. The molecule has 2 N–H and O–H groups in total. The van der Waals surface area contributed by atoms with Crippen LogP contribution >= 0.6 is 0 Å². The first-order valence-corrected chi connectivity index (χ1v) is 9.00. The van der Waals surface area contributed by atoms with E-state index in [1.165, 1.54) is 0 Å². The molecule has 0 aromatic heterocycles. The van der Waals surface area contributed by atoms with Crippen molar-refractivity contribution in [3.05, 3.63) is 71.8 Å². The molecular weight excluding hydrogens is 328 g/mol. The molecule has 2 aromatic carbocycles. The van der Waals surface area contributed by atoms with Gasteiger partial charge in [-0.3, -0.25) is 4.79 Å². The summed E-state index contributed by atoms with van der Waals surface area (Å²) in [6, 6.07) is 18.2. The van der Waals surface area contributed by atoms with Crippen LogP contribution in [-0.2, 0) is 27.4 Å². The Morgan fingerprint density at radius 2 is 1.69 bits per heavy atom. The zero-order chi connectivity index (χ0) is 18.2. The maximum Gasteiger partial charge on any atom is 0.329 e. The van der Waals surface area contributed by atoms with Gasteiger partial charge in [-0.15, -0.1) is 0 Å². The summed E-state index contributed by atoms with van der Waals surface area (Å²) < 4.78 is 5.45. The fraction of sp³-hybridized carbons (Fsp3) is 0.333. The molecule has 0 spiro atoms. The van der Waals surface area contributed by atoms with Gasteiger partial charge in [0, 0.05) is 6.42 Å². The first kappa shape index (κ1) is 18.1. The van der Waals surface area contributed by atoms with E-state index in [0.29, 0.717) is 6.42 Å². The van der Waals surface area contributed by atoms with Crippen molar-refractivity contribution >= 4 is 11.9 Å². The van der Waals surface area contributed by atoms with E-state index in [0.717, 1.165) is 30.5 Å². The quantitative estimate of drug-likeness (QED) is 0.750. The molecule has 5 nitrogen and oxygen atoms in total. The second kappa shape index (κ2) is 9.15. The Balaban J connectivity index is 1.64. The Morgan fingerprint density at radius 1 is 1.04 bits per heavy atom. The predicted octanol–water partition coefficient (Wildman–Crippen LogP) is 2.21. The molecule has 1 aliphatic heterocycles. The minimum atomic E-state index is -0.698. The summed E-state index contributed by atoms with van der Waals surface area (Å²) >= 11 is 0. The number of carbonyl (C=O) groups excluding carboxylic acids is 2. The van der Waals surface area contributed by atoms with Crippen LogP contribution in [-0.4, -0.2) is 30.5 Å². The predicted molar refractivity (Wildman–Crippen MR) is 99.3 cm³/mol. The van der Waals surface area contributed by atoms with Crippen LogP contribution in [0.25, 0.3) is 0 Å². The Morgan fingerprint density at radius 3 is 2.31 bits per heavy atom. The number of nitrogens with one attached hydrogen (secondary N) is 2. The van der Waals surface area contributed by atoms with Gasteiger partial charge in [-0.1, -0.05) is 60.7 Å². The van der Waals surface area contributed by atoms with Crippen LogP contribution in [0.15, 0.2) is 60.7 Å². The number of benzene rings is 2. The van der Waals surface area contributed by atoms with Crippen LogP contribution in [0.3, 0.4) is 0 Å². The van der Waals surface area contributed by atoms with Crippen LogP contribution in [0.1, 0.15) is 24.0 Å². The van der Waals surface area contributed by atoms with E-state index in [9.17, 15) is 9.59 Å². The monoisotopic (exact) mass is 352 g/mol. The topological polar surface area (TPSA) is 67.4 Å². The Hall–Kier alpha value is -2.66. The Labute approximate surface area is 153 Å². The summed E-state index contributed by atoms with van der Waals surface area (Å²) in [6.45, 7) is 1.03. The maximum atomic E-state index is 12.6. The van der Waals surface area contributed by atoms with Crippen molar-refractivity contribution in [2.75, 3.05) is 6.54 Å². The molecule has 0 unspecified atom stereocenters. The average Bonchev–Trinajstić information content (AvgIpc) is 3.22. The molecule has 0 bridgehead atoms. The van der Waals surface area contributed by atoms with Gasteiger partial charge in [-0.25, -0.2) is 4.79 Å². The molecule has 0 saturated carbocycles. The average molecular weight is 352 g/mol. The van der Waals surface area contributed by atoms with Gasteiger partial charge < -0.3 is 15.4 Å². The van der Waals surface area contributed by atoms with E-state index in [-0.39, 0.29) is 18.6 Å². The van der Waals surface area contributed by atoms with Crippen molar-refractivity contribution in [1.29, 1.82) is 0 Å². The number of amides is 1. The first-order chi connectivity index (χ1) is 12.7. The number of hydrogen-bond donors (Lipinski definition) is 2. The fourth-order valence-electron chi connectivity index (χ4n) is 3.05. The van der Waals surface area contributed by atoms with Gasteiger partial charge in [0.05, 0.1) is 6.04 Å². The molecule has 2 aromatic rings. The summed E-state index contributed by atoms with van der Waals surface area (Å²) in [5.74, 6) is -0.552. The van der Waals surface area contributed by atoms with Gasteiger partial charge in [-0.2, -0.15) is 0 Å². The molecular formula is C21H24N2O3. The molecule has 136 valence electrons. The lowest BCUT2D eigenvalue weighted by molar-refractivity contribution is -0.149. The van der Waals surface area contributed by atoms with Crippen LogP contribution in [0, 0.1) is 0 Å². The summed E-state index contributed by atoms with van der Waals surface area (Å²) in [5.41, 5.74) is 1.90. The van der Waals surface area contributed by atoms with Crippen molar-refractivity contribution < 1.29 is 14.3 Å². The van der Waals surface area contributed by atoms with Crippen molar-refractivity contribution in [3.63, 3.8) is 0 Å². The minimum absolute atomic E-state index is 0.139. The first-order valence-electron chi connectivity index (χ1n) is 9.00. The molecule has 1 fully saturated rings. The summed E-state index contributed by atoms with van der Waals surface area (Å²) in [7, 11) is 0. The SMILES string of the molecule is O=C(N[C@@H](Cc1ccccc1)C(=O)OCc1ccccc1)[C@@H]1CCCN1. The molecule has 3 rings (SSSR count). The normalized spacial score (nSPS) is 17.5. The minimum Gasteiger partial charge on any atom is -0.459 e. The third kappa shape index (κ3) is 5.17. The van der Waals surface area contributed by atoms with Crippen LogP contribution < -0.4 is 10.6 Å². The van der Waals surface area contributed by atoms with E-state index in [2.05, 4.69) is 10.6 Å². The van der Waals surface area contributed by atoms with Gasteiger partial charge in [0.2, 0.25) is 5.91 Å². The third-order valence-corrected chi connectivity index (χ3v) is 4.48. The summed E-state index contributed by atoms with van der Waals surface area (Å²) in [4.78, 5) is 25.1. The lowest BCUT2D eigenvalue weighted by atomic mass is 10.1. The number of rotatable bonds is 7. The highest BCUT2D eigenvalue weighted by Crippen LogP contribution is 2.10. The zero-order valence-corrected chi connectivity index (χ0v) is 14.7. The highest BCUT2D eigenvalue weighted by molar-refractivity contribution is 5.87. The van der Waals surface area contributed by atoms with Crippen molar-refractivity contribution in [2.45, 2.75) is 38.0 Å². The van der Waals surface area contributed by atoms with Gasteiger partial charge >= 0.3 is 5.97 Å². The molecule has 0 aliphatic carbocycles. The highest BCUT2D eigenvalue weighted by Gasteiger charge is 2.28. The summed E-state index contributed by atoms with van der Waals surface area (Å²) in [5, 5.41) is 6.03. The zero-order valence-electron chi connectivity index (χ0n) is 14.7. The van der Waals surface area contributed by atoms with Crippen LogP contribution in [0.5, 0.6) is 0 Å². The van der Waals surface area contributed by atoms with E-state index >= 15 is 0 Å². The van der Waals surface area contributed by atoms with Crippen molar-refractivity contribution in [2.24, 2.45) is 0 Å². The van der Waals surface area contributed by atoms with Crippen molar-refractivity contribution in [1.82, 2.24) is 10.6 Å². The second-order valence-corrected chi connectivity index (χ2v) is 6.49. The van der Waals surface area contributed by atoms with E-state index in [1.807, 2.05) is 60.7 Å². The molecule has 5 heteroatoms. The highest BCUT2D eigenvalue weighted by atomic mass is 16.5. The third-order valence-electron chi connectivity index (χ3n) is 4.48. The summed E-state index contributed by atoms with van der Waals surface area (Å²) in [6.07, 6.45) is 2.18. The second-order valence-electron chi connectivity index (χ2n) is 6.49. The van der Waals surface area contributed by atoms with E-state index < -0.39 is 12.0 Å². The molecule has 26 heavy (non-hydrogen) atoms. The molecule has 0 radical (unpaired) electrons. The van der Waals surface area contributed by atoms with Gasteiger partial charge in [-0.05, 0) is 30.5 Å². The van der Waals surface area contributed by atoms with Crippen molar-refractivity contribution in [3.8, 4) is 0 Å². The fourth-order valence-corrected chi connectivity index (χ4v) is 3.05. The Kier molecular flexibility index (Phi) is 6.39. The molecule has 1 saturated heterocycles. The number of esters is 1. The smallest absolute Gasteiger partial charge is 0.329 e. The Bertz CT molecular complexity index is 713. The molecule has 1 amide bonds. The van der Waals surface area contributed by atoms with Crippen LogP contribution in [0.4, 0.5) is 0 Å². The lowest BCUT2D eigenvalue weighted by Crippen LogP contribution is -2.49. The number of hydrogen-bond acceptors (Lipinski definition) is 4. The van der Waals surface area contributed by atoms with Gasteiger partial charge in [0.15, 0.2) is 0 Å². The van der Waals surface area contributed by atoms with Crippen LogP contribution in [0.2, 0.25) is 0 Å². The van der Waals surface area contributed by atoms with Gasteiger partial charge in [0.1, 0.15) is 12.6 Å². The number of ether oxygens (including phenoxy) is 1. The lowest BCUT2D eigenvalue weighted by Gasteiger charge is -2.20. The van der Waals surface area contributed by atoms with E-state index in [1.54, 1.807) is 0 Å². The largest absolute Gasteiger partial charge is 0.459 e. The standard InChI is InChI=1S/C21H24N2O3/c24-20(18-12-7-13-22-18)23-19(14-16-8-3-1-4-9-16)21(25)26-15-17-10-5-2-6-11-17/h1-6,8-11,18-19,22H,7,12-15H2,(H,23,24)/t18-,19-/m0/s1. The number of carbonyl (C=O) groups is 2. The molecule has 2 atom stereocenters. The van der Waals surface area contributed by atoms with Gasteiger partial charge in [0.25, 0.3) is 0 Å². The van der Waals surface area contributed by atoms with E-state index in [4.69, 9.17) is 4.74 Å². The maximum absolute atomic E-state index is 12.6.